The summed E-state index contributed by atoms with van der Waals surface area (Å²) in [5, 5.41) is 7.85. The van der Waals surface area contributed by atoms with Crippen LogP contribution in [0.4, 0.5) is 5.82 Å². The van der Waals surface area contributed by atoms with Gasteiger partial charge in [0.05, 0.1) is 18.8 Å². The Bertz CT molecular complexity index is 706. The van der Waals surface area contributed by atoms with Crippen LogP contribution in [0, 0.1) is 0 Å². The van der Waals surface area contributed by atoms with Gasteiger partial charge < -0.3 is 10.1 Å². The third-order valence-electron chi connectivity index (χ3n) is 4.59. The summed E-state index contributed by atoms with van der Waals surface area (Å²) in [6, 6.07) is 9.31. The molecule has 1 N–H and O–H groups in total. The molecule has 1 aromatic carbocycles. The normalized spacial score (nSPS) is 19.5. The van der Waals surface area contributed by atoms with E-state index in [0.717, 1.165) is 25.1 Å². The van der Waals surface area contributed by atoms with Crippen LogP contribution in [-0.2, 0) is 17.6 Å². The first kappa shape index (κ1) is 16.6. The first-order chi connectivity index (χ1) is 11.6. The van der Waals surface area contributed by atoms with E-state index in [2.05, 4.69) is 48.5 Å². The van der Waals surface area contributed by atoms with Gasteiger partial charge in [-0.05, 0) is 44.2 Å². The van der Waals surface area contributed by atoms with E-state index in [-0.39, 0.29) is 18.1 Å². The van der Waals surface area contributed by atoms with E-state index in [1.807, 2.05) is 11.6 Å². The first-order valence-electron chi connectivity index (χ1n) is 8.71. The van der Waals surface area contributed by atoms with Gasteiger partial charge in [0.2, 0.25) is 0 Å². The largest absolute Gasteiger partial charge is 0.462 e. The number of hydrogen-bond acceptors (Lipinski definition) is 4. The second-order valence-electron chi connectivity index (χ2n) is 6.37. The van der Waals surface area contributed by atoms with E-state index >= 15 is 0 Å². The molecule has 5 heteroatoms. The van der Waals surface area contributed by atoms with Crippen LogP contribution in [0.25, 0.3) is 0 Å². The third kappa shape index (κ3) is 3.30. The lowest BCUT2D eigenvalue weighted by Crippen LogP contribution is -2.33. The maximum atomic E-state index is 12.1. The highest BCUT2D eigenvalue weighted by molar-refractivity contribution is 5.94. The number of esters is 1. The standard InChI is InChI=1S/C19H25N3O2/c1-4-14-6-8-15(9-7-14)11-16-10-13(3)22-18(21-16)17(12-20-22)19(23)24-5-2/h6-9,12-13,16,21H,4-5,10-11H2,1-3H3. The molecule has 0 radical (unpaired) electrons. The highest BCUT2D eigenvalue weighted by Crippen LogP contribution is 2.31. The molecule has 0 fully saturated rings. The van der Waals surface area contributed by atoms with Crippen molar-refractivity contribution in [3.63, 3.8) is 0 Å². The Hall–Kier alpha value is -2.30. The van der Waals surface area contributed by atoms with Crippen LogP contribution in [0.1, 0.15) is 54.7 Å². The van der Waals surface area contributed by atoms with E-state index in [9.17, 15) is 4.79 Å². The lowest BCUT2D eigenvalue weighted by Gasteiger charge is -2.31. The fraction of sp³-hybridized carbons (Fsp3) is 0.474. The number of carbonyl (C=O) groups is 1. The SMILES string of the molecule is CCOC(=O)c1cnn2c1NC(Cc1ccc(CC)cc1)CC2C. The highest BCUT2D eigenvalue weighted by Gasteiger charge is 2.29. The number of aryl methyl sites for hydroxylation is 1. The number of aromatic nitrogens is 2. The predicted molar refractivity (Wildman–Crippen MR) is 94.4 cm³/mol. The topological polar surface area (TPSA) is 56.1 Å². The minimum absolute atomic E-state index is 0.254. The third-order valence-corrected chi connectivity index (χ3v) is 4.59. The number of carbonyl (C=O) groups excluding carboxylic acids is 1. The van der Waals surface area contributed by atoms with Crippen LogP contribution >= 0.6 is 0 Å². The molecule has 0 aliphatic carbocycles. The molecule has 2 aromatic rings. The van der Waals surface area contributed by atoms with Crippen LogP contribution in [0.2, 0.25) is 0 Å². The zero-order valence-electron chi connectivity index (χ0n) is 14.6. The molecule has 2 heterocycles. The minimum Gasteiger partial charge on any atom is -0.462 e. The molecule has 0 spiro atoms. The second-order valence-corrected chi connectivity index (χ2v) is 6.37. The van der Waals surface area contributed by atoms with E-state index in [1.165, 1.54) is 11.1 Å². The molecular weight excluding hydrogens is 302 g/mol. The summed E-state index contributed by atoms with van der Waals surface area (Å²) >= 11 is 0. The van der Waals surface area contributed by atoms with Gasteiger partial charge in [-0.15, -0.1) is 0 Å². The molecule has 0 saturated heterocycles. The fourth-order valence-corrected chi connectivity index (χ4v) is 3.29. The van der Waals surface area contributed by atoms with Crippen molar-refractivity contribution in [1.82, 2.24) is 9.78 Å². The van der Waals surface area contributed by atoms with E-state index in [1.54, 1.807) is 6.20 Å². The van der Waals surface area contributed by atoms with Crippen molar-refractivity contribution < 1.29 is 9.53 Å². The van der Waals surface area contributed by atoms with Gasteiger partial charge in [0.1, 0.15) is 11.4 Å². The molecule has 5 nitrogen and oxygen atoms in total. The van der Waals surface area contributed by atoms with Crippen LogP contribution in [-0.4, -0.2) is 28.4 Å². The Labute approximate surface area is 143 Å². The fourth-order valence-electron chi connectivity index (χ4n) is 3.29. The van der Waals surface area contributed by atoms with Crippen LogP contribution < -0.4 is 5.32 Å². The number of hydrogen-bond donors (Lipinski definition) is 1. The Kier molecular flexibility index (Phi) is 4.88. The Morgan fingerprint density at radius 3 is 2.67 bits per heavy atom. The van der Waals surface area contributed by atoms with Gasteiger partial charge in [0.15, 0.2) is 0 Å². The number of anilines is 1. The average molecular weight is 327 g/mol. The summed E-state index contributed by atoms with van der Waals surface area (Å²) in [6.45, 7) is 6.48. The van der Waals surface area contributed by atoms with E-state index in [4.69, 9.17) is 4.74 Å². The molecule has 1 aliphatic rings. The molecule has 2 unspecified atom stereocenters. The van der Waals surface area contributed by atoms with Crippen molar-refractivity contribution >= 4 is 11.8 Å². The predicted octanol–water partition coefficient (Wildman–Crippen LogP) is 3.61. The Morgan fingerprint density at radius 2 is 2.00 bits per heavy atom. The van der Waals surface area contributed by atoms with Crippen molar-refractivity contribution in [1.29, 1.82) is 0 Å². The number of nitrogens with zero attached hydrogens (tertiary/aromatic N) is 2. The van der Waals surface area contributed by atoms with Crippen molar-refractivity contribution in [2.24, 2.45) is 0 Å². The van der Waals surface area contributed by atoms with Gasteiger partial charge in [0.25, 0.3) is 0 Å². The molecule has 24 heavy (non-hydrogen) atoms. The smallest absolute Gasteiger partial charge is 0.343 e. The first-order valence-corrected chi connectivity index (χ1v) is 8.71. The van der Waals surface area contributed by atoms with E-state index < -0.39 is 0 Å². The molecule has 0 amide bonds. The number of benzene rings is 1. The van der Waals surface area contributed by atoms with Crippen LogP contribution in [0.15, 0.2) is 30.5 Å². The summed E-state index contributed by atoms with van der Waals surface area (Å²) < 4.78 is 7.03. The van der Waals surface area contributed by atoms with Crippen LogP contribution in [0.3, 0.4) is 0 Å². The quantitative estimate of drug-likeness (QED) is 0.852. The number of nitrogens with one attached hydrogen (secondary N) is 1. The monoisotopic (exact) mass is 327 g/mol. The molecule has 2 atom stereocenters. The van der Waals surface area contributed by atoms with Gasteiger partial charge in [0, 0.05) is 6.04 Å². The van der Waals surface area contributed by atoms with Crippen molar-refractivity contribution in [3.05, 3.63) is 47.2 Å². The molecule has 1 aromatic heterocycles. The zero-order valence-corrected chi connectivity index (χ0v) is 14.6. The van der Waals surface area contributed by atoms with Gasteiger partial charge in [-0.3, -0.25) is 0 Å². The van der Waals surface area contributed by atoms with Crippen molar-refractivity contribution in [2.45, 2.75) is 52.1 Å². The number of ether oxygens (including phenoxy) is 1. The average Bonchev–Trinajstić information content (AvgIpc) is 3.00. The van der Waals surface area contributed by atoms with Crippen LogP contribution in [0.5, 0.6) is 0 Å². The lowest BCUT2D eigenvalue weighted by atomic mass is 9.97. The van der Waals surface area contributed by atoms with Gasteiger partial charge in [-0.1, -0.05) is 31.2 Å². The minimum atomic E-state index is -0.314. The Morgan fingerprint density at radius 1 is 1.29 bits per heavy atom. The lowest BCUT2D eigenvalue weighted by molar-refractivity contribution is 0.0527. The van der Waals surface area contributed by atoms with Crippen molar-refractivity contribution in [3.8, 4) is 0 Å². The maximum absolute atomic E-state index is 12.1. The van der Waals surface area contributed by atoms with Crippen molar-refractivity contribution in [2.75, 3.05) is 11.9 Å². The summed E-state index contributed by atoms with van der Waals surface area (Å²) in [5.41, 5.74) is 3.18. The van der Waals surface area contributed by atoms with E-state index in [0.29, 0.717) is 12.2 Å². The second kappa shape index (κ2) is 7.07. The molecule has 0 bridgehead atoms. The molecule has 0 saturated carbocycles. The van der Waals surface area contributed by atoms with Gasteiger partial charge >= 0.3 is 5.97 Å². The zero-order chi connectivity index (χ0) is 17.1. The van der Waals surface area contributed by atoms with Gasteiger partial charge in [-0.25, -0.2) is 9.48 Å². The molecule has 3 rings (SSSR count). The number of fused-ring (bicyclic) bond motifs is 1. The summed E-state index contributed by atoms with van der Waals surface area (Å²) in [6.07, 6.45) is 4.57. The summed E-state index contributed by atoms with van der Waals surface area (Å²) in [4.78, 5) is 12.1. The molecule has 128 valence electrons. The summed E-state index contributed by atoms with van der Waals surface area (Å²) in [7, 11) is 0. The Balaban J connectivity index is 1.77. The maximum Gasteiger partial charge on any atom is 0.343 e. The number of rotatable bonds is 5. The summed E-state index contributed by atoms with van der Waals surface area (Å²) in [5.74, 6) is 0.466. The highest BCUT2D eigenvalue weighted by atomic mass is 16.5. The van der Waals surface area contributed by atoms with Gasteiger partial charge in [-0.2, -0.15) is 5.10 Å². The molecule has 1 aliphatic heterocycles. The molecular formula is C19H25N3O2.